The smallest absolute Gasteiger partial charge is 0.266 e. The molecule has 0 spiro atoms. The molecule has 1 N–H and O–H groups in total. The molecule has 0 atom stereocenters. The topological polar surface area (TPSA) is 64.7 Å². The van der Waals surface area contributed by atoms with E-state index in [-0.39, 0.29) is 11.7 Å². The number of aromatic nitrogens is 4. The Morgan fingerprint density at radius 1 is 1.21 bits per heavy atom. The van der Waals surface area contributed by atoms with Crippen LogP contribution in [-0.2, 0) is 13.1 Å². The lowest BCUT2D eigenvalue weighted by Gasteiger charge is -2.10. The summed E-state index contributed by atoms with van der Waals surface area (Å²) in [6, 6.07) is 10.1. The first-order valence-corrected chi connectivity index (χ1v) is 10.3. The van der Waals surface area contributed by atoms with Crippen molar-refractivity contribution in [2.75, 3.05) is 5.32 Å². The van der Waals surface area contributed by atoms with Crippen LogP contribution in [0.3, 0.4) is 0 Å². The van der Waals surface area contributed by atoms with Crippen LogP contribution < -0.4 is 5.32 Å². The molecule has 0 saturated heterocycles. The van der Waals surface area contributed by atoms with Crippen LogP contribution in [0, 0.1) is 18.7 Å². The summed E-state index contributed by atoms with van der Waals surface area (Å²) in [4.78, 5) is 14.4. The van der Waals surface area contributed by atoms with Gasteiger partial charge in [-0.15, -0.1) is 11.3 Å². The molecule has 0 saturated carbocycles. The van der Waals surface area contributed by atoms with E-state index in [1.807, 2.05) is 17.7 Å². The maximum absolute atomic E-state index is 13.2. The fourth-order valence-electron chi connectivity index (χ4n) is 3.20. The lowest BCUT2D eigenvalue weighted by Crippen LogP contribution is -2.16. The van der Waals surface area contributed by atoms with Gasteiger partial charge in [-0.05, 0) is 36.6 Å². The number of hydrogen-bond acceptors (Lipinski definition) is 4. The van der Waals surface area contributed by atoms with Crippen LogP contribution in [0.15, 0.2) is 42.6 Å². The number of amides is 1. The molecule has 8 heteroatoms. The average molecular weight is 412 g/mol. The van der Waals surface area contributed by atoms with E-state index in [1.165, 1.54) is 23.5 Å². The van der Waals surface area contributed by atoms with Crippen molar-refractivity contribution in [2.24, 2.45) is 5.92 Å². The van der Waals surface area contributed by atoms with E-state index in [1.54, 1.807) is 29.1 Å². The van der Waals surface area contributed by atoms with Crippen molar-refractivity contribution in [1.29, 1.82) is 0 Å². The number of rotatable bonds is 6. The number of benzene rings is 1. The molecular weight excluding hydrogens is 389 g/mol. The van der Waals surface area contributed by atoms with Gasteiger partial charge in [-0.2, -0.15) is 10.2 Å². The van der Waals surface area contributed by atoms with Crippen LogP contribution in [0.1, 0.15) is 34.8 Å². The van der Waals surface area contributed by atoms with E-state index >= 15 is 0 Å². The molecule has 150 valence electrons. The van der Waals surface area contributed by atoms with E-state index in [0.29, 0.717) is 23.2 Å². The fraction of sp³-hybridized carbons (Fsp3) is 0.286. The van der Waals surface area contributed by atoms with Gasteiger partial charge >= 0.3 is 0 Å². The zero-order valence-corrected chi connectivity index (χ0v) is 17.3. The summed E-state index contributed by atoms with van der Waals surface area (Å²) in [5.41, 5.74) is 1.81. The summed E-state index contributed by atoms with van der Waals surface area (Å²) in [5.74, 6) is 0.688. The second kappa shape index (κ2) is 7.79. The molecule has 4 aromatic rings. The number of carbonyl (C=O) groups excluding carboxylic acids is 1. The summed E-state index contributed by atoms with van der Waals surface area (Å²) in [5, 5.41) is 12.8. The van der Waals surface area contributed by atoms with Gasteiger partial charge in [-0.1, -0.05) is 26.0 Å². The predicted octanol–water partition coefficient (Wildman–Crippen LogP) is 4.70. The number of nitrogens with one attached hydrogen (secondary N) is 1. The van der Waals surface area contributed by atoms with Crippen molar-refractivity contribution < 1.29 is 9.18 Å². The molecular formula is C21H22FN5OS. The van der Waals surface area contributed by atoms with E-state index in [2.05, 4.69) is 29.4 Å². The number of thiophene rings is 1. The van der Waals surface area contributed by atoms with Crippen LogP contribution in [0.2, 0.25) is 0 Å². The molecule has 4 rings (SSSR count). The lowest BCUT2D eigenvalue weighted by molar-refractivity contribution is 0.102. The van der Waals surface area contributed by atoms with Crippen LogP contribution in [0.25, 0.3) is 10.2 Å². The highest BCUT2D eigenvalue weighted by Gasteiger charge is 2.18. The molecule has 0 bridgehead atoms. The Morgan fingerprint density at radius 2 is 1.97 bits per heavy atom. The van der Waals surface area contributed by atoms with Crippen LogP contribution in [-0.4, -0.2) is 25.5 Å². The van der Waals surface area contributed by atoms with Gasteiger partial charge < -0.3 is 5.32 Å². The standard InChI is InChI=1S/C21H22FN5OS/c1-13(2)11-26-19(8-9-23-26)24-20(28)18-10-17-14(3)25-27(21(17)29-18)12-15-4-6-16(22)7-5-15/h4-10,13H,11-12H2,1-3H3,(H,24,28). The average Bonchev–Trinajstić information content (AvgIpc) is 3.35. The van der Waals surface area contributed by atoms with Crippen molar-refractivity contribution in [1.82, 2.24) is 19.6 Å². The van der Waals surface area contributed by atoms with E-state index in [4.69, 9.17) is 0 Å². The van der Waals surface area contributed by atoms with Gasteiger partial charge in [0, 0.05) is 18.0 Å². The number of hydrogen-bond donors (Lipinski definition) is 1. The summed E-state index contributed by atoms with van der Waals surface area (Å²) in [7, 11) is 0. The van der Waals surface area contributed by atoms with Gasteiger partial charge in [0.25, 0.3) is 5.91 Å². The van der Waals surface area contributed by atoms with Gasteiger partial charge in [-0.25, -0.2) is 9.07 Å². The minimum Gasteiger partial charge on any atom is -0.306 e. The molecule has 0 aliphatic heterocycles. The number of anilines is 1. The number of aryl methyl sites for hydroxylation is 1. The van der Waals surface area contributed by atoms with Crippen LogP contribution in [0.5, 0.6) is 0 Å². The van der Waals surface area contributed by atoms with Gasteiger partial charge in [0.05, 0.1) is 23.3 Å². The molecule has 0 aliphatic carbocycles. The second-order valence-electron chi connectivity index (χ2n) is 7.45. The maximum Gasteiger partial charge on any atom is 0.266 e. The molecule has 29 heavy (non-hydrogen) atoms. The molecule has 0 unspecified atom stereocenters. The number of carbonyl (C=O) groups is 1. The van der Waals surface area contributed by atoms with Crippen molar-refractivity contribution in [3.05, 3.63) is 64.5 Å². The van der Waals surface area contributed by atoms with Crippen molar-refractivity contribution >= 4 is 33.3 Å². The monoisotopic (exact) mass is 411 g/mol. The van der Waals surface area contributed by atoms with Crippen LogP contribution >= 0.6 is 11.3 Å². The first-order valence-electron chi connectivity index (χ1n) is 9.45. The normalized spacial score (nSPS) is 11.5. The highest BCUT2D eigenvalue weighted by molar-refractivity contribution is 7.20. The Morgan fingerprint density at radius 3 is 2.69 bits per heavy atom. The third kappa shape index (κ3) is 4.07. The van der Waals surface area contributed by atoms with E-state index in [0.717, 1.165) is 28.0 Å². The quantitative estimate of drug-likeness (QED) is 0.500. The molecule has 3 heterocycles. The summed E-state index contributed by atoms with van der Waals surface area (Å²) < 4.78 is 16.8. The third-order valence-corrected chi connectivity index (χ3v) is 5.72. The Kier molecular flexibility index (Phi) is 5.19. The van der Waals surface area contributed by atoms with E-state index < -0.39 is 0 Å². The summed E-state index contributed by atoms with van der Waals surface area (Å²) >= 11 is 1.40. The molecule has 0 radical (unpaired) electrons. The van der Waals surface area contributed by atoms with Gasteiger partial charge in [-0.3, -0.25) is 9.48 Å². The lowest BCUT2D eigenvalue weighted by atomic mass is 10.2. The minimum atomic E-state index is -0.262. The largest absolute Gasteiger partial charge is 0.306 e. The number of fused-ring (bicyclic) bond motifs is 1. The third-order valence-electron chi connectivity index (χ3n) is 4.57. The fourth-order valence-corrected chi connectivity index (χ4v) is 4.26. The van der Waals surface area contributed by atoms with Crippen molar-refractivity contribution in [3.8, 4) is 0 Å². The van der Waals surface area contributed by atoms with Crippen molar-refractivity contribution in [2.45, 2.75) is 33.9 Å². The van der Waals surface area contributed by atoms with Crippen LogP contribution in [0.4, 0.5) is 10.2 Å². The van der Waals surface area contributed by atoms with Gasteiger partial charge in [0.2, 0.25) is 0 Å². The Balaban J connectivity index is 1.58. The first kappa shape index (κ1) is 19.3. The Bertz CT molecular complexity index is 1160. The predicted molar refractivity (Wildman–Crippen MR) is 113 cm³/mol. The summed E-state index contributed by atoms with van der Waals surface area (Å²) in [6.07, 6.45) is 1.69. The highest BCUT2D eigenvalue weighted by atomic mass is 32.1. The second-order valence-corrected chi connectivity index (χ2v) is 8.48. The molecule has 3 aromatic heterocycles. The SMILES string of the molecule is Cc1nn(Cc2ccc(F)cc2)c2sc(C(=O)Nc3ccnn3CC(C)C)cc12. The molecule has 1 amide bonds. The Hall–Kier alpha value is -3.00. The zero-order chi connectivity index (χ0) is 20.5. The molecule has 0 aliphatic rings. The van der Waals surface area contributed by atoms with Gasteiger partial charge in [0.15, 0.2) is 0 Å². The Labute approximate surface area is 172 Å². The molecule has 0 fully saturated rings. The van der Waals surface area contributed by atoms with Crippen molar-refractivity contribution in [3.63, 3.8) is 0 Å². The van der Waals surface area contributed by atoms with E-state index in [9.17, 15) is 9.18 Å². The number of nitrogens with zero attached hydrogens (tertiary/aromatic N) is 4. The molecule has 1 aromatic carbocycles. The first-order chi connectivity index (χ1) is 13.9. The number of halogens is 1. The summed E-state index contributed by atoms with van der Waals surface area (Å²) in [6.45, 7) is 7.40. The minimum absolute atomic E-state index is 0.163. The zero-order valence-electron chi connectivity index (χ0n) is 16.5. The highest BCUT2D eigenvalue weighted by Crippen LogP contribution is 2.29. The van der Waals surface area contributed by atoms with Gasteiger partial charge in [0.1, 0.15) is 16.5 Å². The molecule has 6 nitrogen and oxygen atoms in total. The maximum atomic E-state index is 13.2.